The van der Waals surface area contributed by atoms with Crippen LogP contribution in [0.5, 0.6) is 0 Å². The monoisotopic (exact) mass is 277 g/mol. The van der Waals surface area contributed by atoms with Gasteiger partial charge in [-0.25, -0.2) is 4.57 Å². The molecule has 6 nitrogen and oxygen atoms in total. The van der Waals surface area contributed by atoms with Crippen LogP contribution in [0.4, 0.5) is 0 Å². The van der Waals surface area contributed by atoms with E-state index in [0.717, 1.165) is 0 Å². The number of carbonyl (C=O) groups excluding carboxylic acids is 1. The molecular weight excluding hydrogens is 257 g/mol. The molecule has 0 aliphatic heterocycles. The van der Waals surface area contributed by atoms with Crippen LogP contribution in [0.25, 0.3) is 0 Å². The average molecular weight is 277 g/mol. The molecule has 0 fully saturated rings. The Bertz CT molecular complexity index is 312. The van der Waals surface area contributed by atoms with E-state index in [4.69, 9.17) is 9.79 Å². The summed E-state index contributed by atoms with van der Waals surface area (Å²) in [6, 6.07) is 12.0. The van der Waals surface area contributed by atoms with Gasteiger partial charge in [0.2, 0.25) is 0 Å². The third-order valence-corrected chi connectivity index (χ3v) is 1.90. The molecule has 0 aliphatic carbocycles. The number of hydrogen-bond donors (Lipinski definition) is 3. The van der Waals surface area contributed by atoms with Gasteiger partial charge in [0, 0.05) is 6.42 Å². The minimum absolute atomic E-state index is 0.0328. The first-order valence-corrected chi connectivity index (χ1v) is 6.72. The van der Waals surface area contributed by atoms with Crippen LogP contribution in [0.15, 0.2) is 36.4 Å². The molecule has 0 aliphatic rings. The van der Waals surface area contributed by atoms with E-state index in [9.17, 15) is 9.36 Å². The van der Waals surface area contributed by atoms with E-state index < -0.39 is 7.82 Å². The lowest BCUT2D eigenvalue weighted by molar-refractivity contribution is -0.117. The minimum atomic E-state index is -4.37. The number of carbonyl (C=O) groups is 1. The van der Waals surface area contributed by atoms with Gasteiger partial charge < -0.3 is 15.5 Å². The van der Waals surface area contributed by atoms with E-state index in [0.29, 0.717) is 0 Å². The Morgan fingerprint density at radius 1 is 1.11 bits per heavy atom. The summed E-state index contributed by atoms with van der Waals surface area (Å²) >= 11 is 0. The first kappa shape index (κ1) is 19.3. The molecule has 7 heteroatoms. The molecule has 4 N–H and O–H groups in total. The molecule has 1 aromatic carbocycles. The number of ketones is 1. The van der Waals surface area contributed by atoms with E-state index >= 15 is 0 Å². The Labute approximate surface area is 107 Å². The van der Waals surface area contributed by atoms with Crippen molar-refractivity contribution >= 4 is 13.6 Å². The number of nitrogens with two attached hydrogens (primary N) is 1. The standard InChI is InChI=1S/C6H6.C4H9O5P.CH5N/c1-2-4-6-5-3-1;1-4(5)2-3-9-10(6,7)8;1-2/h1-6H;2-3H2,1H3,(H2,6,7,8);2H2,1H3. The maximum absolute atomic E-state index is 10.2. The molecule has 0 unspecified atom stereocenters. The fourth-order valence-corrected chi connectivity index (χ4v) is 1.02. The average Bonchev–Trinajstić information content (AvgIpc) is 2.32. The molecule has 0 amide bonds. The zero-order valence-electron chi connectivity index (χ0n) is 10.5. The molecule has 0 saturated carbocycles. The van der Waals surface area contributed by atoms with Gasteiger partial charge in [-0.1, -0.05) is 36.4 Å². The Balaban J connectivity index is 0. The van der Waals surface area contributed by atoms with Crippen molar-refractivity contribution in [3.63, 3.8) is 0 Å². The van der Waals surface area contributed by atoms with Crippen molar-refractivity contribution in [3.8, 4) is 0 Å². The van der Waals surface area contributed by atoms with Crippen molar-refractivity contribution in [1.29, 1.82) is 0 Å². The molecule has 0 bridgehead atoms. The minimum Gasteiger partial charge on any atom is -0.333 e. The van der Waals surface area contributed by atoms with Crippen LogP contribution in [0.2, 0.25) is 0 Å². The van der Waals surface area contributed by atoms with Gasteiger partial charge in [0.05, 0.1) is 6.61 Å². The quantitative estimate of drug-likeness (QED) is 0.716. The fourth-order valence-electron chi connectivity index (χ4n) is 0.693. The van der Waals surface area contributed by atoms with Crippen LogP contribution in [0, 0.1) is 0 Å². The van der Waals surface area contributed by atoms with Crippen LogP contribution in [-0.4, -0.2) is 29.2 Å². The predicted molar refractivity (Wildman–Crippen MR) is 69.8 cm³/mol. The van der Waals surface area contributed by atoms with Crippen molar-refractivity contribution in [2.45, 2.75) is 13.3 Å². The van der Waals surface area contributed by atoms with Gasteiger partial charge >= 0.3 is 7.82 Å². The van der Waals surface area contributed by atoms with Crippen molar-refractivity contribution in [1.82, 2.24) is 0 Å². The summed E-state index contributed by atoms with van der Waals surface area (Å²) in [6.07, 6.45) is 0.0328. The molecule has 0 atom stereocenters. The fraction of sp³-hybridized carbons (Fsp3) is 0.364. The molecular formula is C11H20NO5P. The number of phosphoric acid groups is 1. The summed E-state index contributed by atoms with van der Waals surface area (Å²) in [6.45, 7) is 1.10. The highest BCUT2D eigenvalue weighted by Gasteiger charge is 2.12. The van der Waals surface area contributed by atoms with Crippen LogP contribution in [0.1, 0.15) is 13.3 Å². The van der Waals surface area contributed by atoms with Crippen molar-refractivity contribution in [2.24, 2.45) is 5.73 Å². The SMILES string of the molecule is CC(=O)CCOP(=O)(O)O.CN.c1ccccc1. The van der Waals surface area contributed by atoms with E-state index in [2.05, 4.69) is 10.3 Å². The first-order chi connectivity index (χ1) is 8.42. The molecule has 18 heavy (non-hydrogen) atoms. The lowest BCUT2D eigenvalue weighted by atomic mass is 10.3. The van der Waals surface area contributed by atoms with E-state index in [1.54, 1.807) is 0 Å². The topological polar surface area (TPSA) is 110 Å². The predicted octanol–water partition coefficient (Wildman–Crippen LogP) is 1.34. The van der Waals surface area contributed by atoms with E-state index in [1.807, 2.05) is 36.4 Å². The first-order valence-electron chi connectivity index (χ1n) is 5.19. The highest BCUT2D eigenvalue weighted by molar-refractivity contribution is 7.46. The maximum atomic E-state index is 10.2. The van der Waals surface area contributed by atoms with Gasteiger partial charge in [0.1, 0.15) is 5.78 Å². The number of phosphoric ester groups is 1. The smallest absolute Gasteiger partial charge is 0.333 e. The van der Waals surface area contributed by atoms with Crippen LogP contribution in [0.3, 0.4) is 0 Å². The summed E-state index contributed by atoms with van der Waals surface area (Å²) < 4.78 is 14.0. The normalized spacial score (nSPS) is 9.39. The van der Waals surface area contributed by atoms with Gasteiger partial charge in [-0.15, -0.1) is 0 Å². The summed E-state index contributed by atoms with van der Waals surface area (Å²) in [5, 5.41) is 0. The molecule has 0 radical (unpaired) electrons. The Morgan fingerprint density at radius 3 is 1.67 bits per heavy atom. The zero-order valence-corrected chi connectivity index (χ0v) is 11.4. The lowest BCUT2D eigenvalue weighted by Gasteiger charge is -2.01. The van der Waals surface area contributed by atoms with Gasteiger partial charge in [-0.05, 0) is 14.0 Å². The summed E-state index contributed by atoms with van der Waals surface area (Å²) in [7, 11) is -2.87. The molecule has 0 saturated heterocycles. The second kappa shape index (κ2) is 12.4. The third kappa shape index (κ3) is 20.4. The highest BCUT2D eigenvalue weighted by Crippen LogP contribution is 2.35. The maximum Gasteiger partial charge on any atom is 0.469 e. The third-order valence-electron chi connectivity index (χ3n) is 1.38. The molecule has 104 valence electrons. The number of hydrogen-bond acceptors (Lipinski definition) is 4. The lowest BCUT2D eigenvalue weighted by Crippen LogP contribution is -1.98. The van der Waals surface area contributed by atoms with Crippen LogP contribution < -0.4 is 5.73 Å². The summed E-state index contributed by atoms with van der Waals surface area (Å²) in [5.74, 6) is -0.159. The second-order valence-corrected chi connectivity index (χ2v) is 4.17. The Morgan fingerprint density at radius 2 is 1.44 bits per heavy atom. The van der Waals surface area contributed by atoms with Gasteiger partial charge in [0.25, 0.3) is 0 Å². The van der Waals surface area contributed by atoms with Crippen molar-refractivity contribution < 1.29 is 23.7 Å². The van der Waals surface area contributed by atoms with Crippen LogP contribution >= 0.6 is 7.82 Å². The van der Waals surface area contributed by atoms with Crippen LogP contribution in [-0.2, 0) is 13.9 Å². The molecule has 0 spiro atoms. The van der Waals surface area contributed by atoms with Gasteiger partial charge in [-0.2, -0.15) is 0 Å². The van der Waals surface area contributed by atoms with Gasteiger partial charge in [-0.3, -0.25) is 9.32 Å². The Hall–Kier alpha value is -1.04. The van der Waals surface area contributed by atoms with Crippen molar-refractivity contribution in [2.75, 3.05) is 13.7 Å². The molecule has 1 rings (SSSR count). The van der Waals surface area contributed by atoms with E-state index in [-0.39, 0.29) is 18.8 Å². The summed E-state index contributed by atoms with van der Waals surface area (Å²) in [4.78, 5) is 26.4. The number of rotatable bonds is 4. The summed E-state index contributed by atoms with van der Waals surface area (Å²) in [5.41, 5.74) is 4.50. The van der Waals surface area contributed by atoms with E-state index in [1.165, 1.54) is 14.0 Å². The zero-order chi connectivity index (χ0) is 14.4. The van der Waals surface area contributed by atoms with Crippen molar-refractivity contribution in [3.05, 3.63) is 36.4 Å². The largest absolute Gasteiger partial charge is 0.469 e. The molecule has 1 aromatic rings. The molecule has 0 heterocycles. The van der Waals surface area contributed by atoms with Gasteiger partial charge in [0.15, 0.2) is 0 Å². The highest BCUT2D eigenvalue weighted by atomic mass is 31.2. The Kier molecular flexibility index (Phi) is 13.3. The second-order valence-electron chi connectivity index (χ2n) is 2.93. The number of benzene rings is 1. The number of Topliss-reactive ketones (excluding diaryl/α,β-unsaturated/α-hetero) is 1. The molecule has 0 aromatic heterocycles.